The van der Waals surface area contributed by atoms with E-state index < -0.39 is 41.9 Å². The number of rotatable bonds is 4. The minimum absolute atomic E-state index is 0.0461. The van der Waals surface area contributed by atoms with Crippen LogP contribution in [-0.2, 0) is 28.8 Å². The predicted octanol–water partition coefficient (Wildman–Crippen LogP) is 2.35. The summed E-state index contributed by atoms with van der Waals surface area (Å²) in [6, 6.07) is 0.258. The van der Waals surface area contributed by atoms with Crippen LogP contribution in [0.2, 0.25) is 25.7 Å². The zero-order chi connectivity index (χ0) is 16.1. The third-order valence-corrected chi connectivity index (χ3v) is 5.69. The van der Waals surface area contributed by atoms with Crippen molar-refractivity contribution in [3.8, 4) is 0 Å². The van der Waals surface area contributed by atoms with E-state index in [1.165, 1.54) is 0 Å². The number of halogens is 3. The summed E-state index contributed by atoms with van der Waals surface area (Å²) < 4.78 is 69.7. The number of hydrogen-bond acceptors (Lipinski definition) is 6. The van der Waals surface area contributed by atoms with E-state index in [-0.39, 0.29) is 18.9 Å². The van der Waals surface area contributed by atoms with E-state index in [0.717, 1.165) is 0 Å². The number of fused-ring (bicyclic) bond motifs is 2. The van der Waals surface area contributed by atoms with Gasteiger partial charge in [0, 0.05) is 12.5 Å². The highest BCUT2D eigenvalue weighted by atomic mass is 32.2. The second-order valence-electron chi connectivity index (χ2n) is 6.34. The Balaban J connectivity index is 2.25. The normalized spacial score (nSPS) is 34.2. The van der Waals surface area contributed by atoms with Crippen LogP contribution in [0.5, 0.6) is 0 Å². The average molecular weight is 350 g/mol. The van der Waals surface area contributed by atoms with Crippen LogP contribution in [0.4, 0.5) is 13.2 Å². The monoisotopic (exact) mass is 350 g/mol. The van der Waals surface area contributed by atoms with E-state index in [1.54, 1.807) is 0 Å². The highest BCUT2D eigenvalue weighted by Gasteiger charge is 2.60. The fourth-order valence-electron chi connectivity index (χ4n) is 2.39. The van der Waals surface area contributed by atoms with E-state index in [2.05, 4.69) is 4.18 Å². The Morgan fingerprint density at radius 1 is 1.29 bits per heavy atom. The molecule has 2 aliphatic heterocycles. The maximum absolute atomic E-state index is 12.5. The molecule has 0 aromatic heterocycles. The number of alkyl halides is 3. The van der Waals surface area contributed by atoms with Crippen LogP contribution in [0.25, 0.3) is 0 Å². The minimum Gasteiger partial charge on any atom is -0.313 e. The maximum atomic E-state index is 12.5. The summed E-state index contributed by atoms with van der Waals surface area (Å²) >= 11 is 0. The third kappa shape index (κ3) is 3.59. The second kappa shape index (κ2) is 5.17. The van der Waals surface area contributed by atoms with Crippen LogP contribution in [-0.4, -0.2) is 40.2 Å². The summed E-state index contributed by atoms with van der Waals surface area (Å²) in [4.78, 5) is 9.97. The van der Waals surface area contributed by atoms with Crippen molar-refractivity contribution < 1.29 is 40.3 Å². The maximum Gasteiger partial charge on any atom is 0.523 e. The SMILES string of the molecule is C[Si](C)(C)CC12OO[C@H](CC[C@@H]1OS(=O)(=O)C(F)(F)F)O2. The van der Waals surface area contributed by atoms with Crippen molar-refractivity contribution in [2.45, 2.75) is 62.2 Å². The standard InChI is InChI=1S/C10H17F3O6SSi/c1-21(2,3)6-9-7(4-5-8(16-9)17-19-9)18-20(14,15)10(11,12)13/h7-8H,4-6H2,1-3H3/t7-,8+,9?/m0/s1. The third-order valence-electron chi connectivity index (χ3n) is 3.09. The van der Waals surface area contributed by atoms with Gasteiger partial charge in [-0.1, -0.05) is 19.6 Å². The fraction of sp³-hybridized carbons (Fsp3) is 1.00. The fourth-order valence-corrected chi connectivity index (χ4v) is 4.90. The van der Waals surface area contributed by atoms with Gasteiger partial charge in [0.25, 0.3) is 0 Å². The summed E-state index contributed by atoms with van der Waals surface area (Å²) in [5.74, 6) is -1.59. The Morgan fingerprint density at radius 2 is 1.90 bits per heavy atom. The van der Waals surface area contributed by atoms with E-state index in [9.17, 15) is 21.6 Å². The molecule has 6 nitrogen and oxygen atoms in total. The van der Waals surface area contributed by atoms with Gasteiger partial charge in [0.1, 0.15) is 6.10 Å². The molecule has 0 saturated carbocycles. The molecular weight excluding hydrogens is 333 g/mol. The molecule has 2 fully saturated rings. The van der Waals surface area contributed by atoms with Gasteiger partial charge in [-0.15, -0.1) is 0 Å². The van der Waals surface area contributed by atoms with E-state index in [1.807, 2.05) is 19.6 Å². The summed E-state index contributed by atoms with van der Waals surface area (Å²) in [6.45, 7) is 5.85. The van der Waals surface area contributed by atoms with Crippen molar-refractivity contribution >= 4 is 18.2 Å². The Morgan fingerprint density at radius 3 is 2.43 bits per heavy atom. The molecule has 3 atom stereocenters. The topological polar surface area (TPSA) is 71.1 Å². The summed E-state index contributed by atoms with van der Waals surface area (Å²) in [5.41, 5.74) is -5.48. The summed E-state index contributed by atoms with van der Waals surface area (Å²) in [6.07, 6.45) is -1.83. The van der Waals surface area contributed by atoms with Crippen molar-refractivity contribution in [3.05, 3.63) is 0 Å². The van der Waals surface area contributed by atoms with E-state index in [4.69, 9.17) is 14.5 Å². The lowest BCUT2D eigenvalue weighted by Gasteiger charge is -2.38. The van der Waals surface area contributed by atoms with Crippen LogP contribution in [0, 0.1) is 0 Å². The molecule has 0 radical (unpaired) electrons. The molecule has 0 spiro atoms. The van der Waals surface area contributed by atoms with Crippen molar-refractivity contribution in [3.63, 3.8) is 0 Å². The average Bonchev–Trinajstić information content (AvgIpc) is 2.58. The zero-order valence-corrected chi connectivity index (χ0v) is 13.6. The van der Waals surface area contributed by atoms with Gasteiger partial charge in [-0.05, 0) is 6.42 Å². The number of hydrogen-bond donors (Lipinski definition) is 0. The Bertz CT molecular complexity index is 502. The van der Waals surface area contributed by atoms with Gasteiger partial charge < -0.3 is 4.74 Å². The first-order valence-corrected chi connectivity index (χ1v) is 11.5. The Hall–Kier alpha value is -0.203. The molecule has 2 heterocycles. The molecule has 0 amide bonds. The van der Waals surface area contributed by atoms with Crippen LogP contribution in [0.1, 0.15) is 12.8 Å². The molecule has 0 aromatic carbocycles. The minimum atomic E-state index is -5.72. The quantitative estimate of drug-likeness (QED) is 0.335. The summed E-state index contributed by atoms with van der Waals surface area (Å²) in [5, 5.41) is 0. The Kier molecular flexibility index (Phi) is 4.22. The van der Waals surface area contributed by atoms with Gasteiger partial charge in [-0.25, -0.2) is 4.89 Å². The highest BCUT2D eigenvalue weighted by Crippen LogP contribution is 2.45. The molecule has 0 N–H and O–H groups in total. The molecule has 0 aromatic rings. The first-order chi connectivity index (χ1) is 9.35. The second-order valence-corrected chi connectivity index (χ2v) is 13.4. The molecule has 21 heavy (non-hydrogen) atoms. The van der Waals surface area contributed by atoms with E-state index >= 15 is 0 Å². The van der Waals surface area contributed by atoms with Crippen molar-refractivity contribution in [1.29, 1.82) is 0 Å². The molecule has 2 bridgehead atoms. The first-order valence-electron chi connectivity index (χ1n) is 6.37. The van der Waals surface area contributed by atoms with E-state index in [0.29, 0.717) is 0 Å². The van der Waals surface area contributed by atoms with Gasteiger partial charge in [-0.3, -0.25) is 4.18 Å². The molecule has 2 saturated heterocycles. The molecule has 124 valence electrons. The van der Waals surface area contributed by atoms with Gasteiger partial charge in [0.15, 0.2) is 6.29 Å². The molecule has 11 heteroatoms. The van der Waals surface area contributed by atoms with Crippen molar-refractivity contribution in [2.75, 3.05) is 0 Å². The lowest BCUT2D eigenvalue weighted by Crippen LogP contribution is -2.53. The Labute approximate surface area is 121 Å². The molecule has 1 unspecified atom stereocenters. The molecule has 0 aliphatic carbocycles. The van der Waals surface area contributed by atoms with Crippen LogP contribution in [0.3, 0.4) is 0 Å². The molecule has 2 rings (SSSR count). The van der Waals surface area contributed by atoms with Gasteiger partial charge in [0.2, 0.25) is 5.79 Å². The highest BCUT2D eigenvalue weighted by molar-refractivity contribution is 7.87. The molecule has 2 aliphatic rings. The lowest BCUT2D eigenvalue weighted by molar-refractivity contribution is -0.334. The first kappa shape index (κ1) is 17.2. The van der Waals surface area contributed by atoms with Crippen LogP contribution < -0.4 is 0 Å². The van der Waals surface area contributed by atoms with Crippen molar-refractivity contribution in [2.24, 2.45) is 0 Å². The predicted molar refractivity (Wildman–Crippen MR) is 67.0 cm³/mol. The van der Waals surface area contributed by atoms with Crippen molar-refractivity contribution in [1.82, 2.24) is 0 Å². The van der Waals surface area contributed by atoms with Crippen LogP contribution >= 0.6 is 0 Å². The largest absolute Gasteiger partial charge is 0.523 e. The van der Waals surface area contributed by atoms with Gasteiger partial charge in [0.05, 0.1) is 8.07 Å². The number of ether oxygens (including phenoxy) is 1. The lowest BCUT2D eigenvalue weighted by atomic mass is 10.0. The van der Waals surface area contributed by atoms with Crippen LogP contribution in [0.15, 0.2) is 0 Å². The van der Waals surface area contributed by atoms with Gasteiger partial charge >= 0.3 is 15.6 Å². The summed E-state index contributed by atoms with van der Waals surface area (Å²) in [7, 11) is -7.58. The zero-order valence-electron chi connectivity index (χ0n) is 11.8. The molecular formula is C10H17F3O6SSi. The smallest absolute Gasteiger partial charge is 0.313 e. The van der Waals surface area contributed by atoms with Gasteiger partial charge in [-0.2, -0.15) is 26.5 Å².